The lowest BCUT2D eigenvalue weighted by atomic mass is 9.89. The Bertz CT molecular complexity index is 2850. The van der Waals surface area contributed by atoms with Crippen LogP contribution >= 0.6 is 0 Å². The van der Waals surface area contributed by atoms with Crippen LogP contribution in [0.15, 0.2) is 182 Å². The molecule has 0 spiro atoms. The predicted octanol–water partition coefficient (Wildman–Crippen LogP) is 12.6. The summed E-state index contributed by atoms with van der Waals surface area (Å²) < 4.78 is 2.44. The first-order chi connectivity index (χ1) is 24.8. The first kappa shape index (κ1) is 27.6. The van der Waals surface area contributed by atoms with Crippen molar-refractivity contribution in [1.82, 2.24) is 4.57 Å². The third-order valence-electron chi connectivity index (χ3n) is 11.0. The van der Waals surface area contributed by atoms with Crippen LogP contribution in [-0.4, -0.2) is 10.6 Å². The minimum Gasteiger partial charge on any atom is -0.332 e. The van der Waals surface area contributed by atoms with E-state index in [9.17, 15) is 0 Å². The number of hydrogen-bond donors (Lipinski definition) is 0. The summed E-state index contributed by atoms with van der Waals surface area (Å²) in [5.74, 6) is 0.268. The number of fused-ring (bicyclic) bond motifs is 9. The van der Waals surface area contributed by atoms with Crippen LogP contribution in [0, 0.1) is 0 Å². The molecular weight excluding hydrogens is 605 g/mol. The molecule has 0 fully saturated rings. The summed E-state index contributed by atoms with van der Waals surface area (Å²) in [6.07, 6.45) is 9.21. The number of para-hydroxylation sites is 1. The van der Waals surface area contributed by atoms with Gasteiger partial charge in [0.2, 0.25) is 0 Å². The van der Waals surface area contributed by atoms with Crippen LogP contribution in [0.1, 0.15) is 11.5 Å². The van der Waals surface area contributed by atoms with Gasteiger partial charge in [-0.25, -0.2) is 0 Å². The van der Waals surface area contributed by atoms with E-state index >= 15 is 0 Å². The average molecular weight is 637 g/mol. The van der Waals surface area contributed by atoms with E-state index in [0.29, 0.717) is 0 Å². The van der Waals surface area contributed by atoms with Crippen molar-refractivity contribution in [2.75, 3.05) is 4.90 Å². The van der Waals surface area contributed by atoms with Gasteiger partial charge in [-0.1, -0.05) is 140 Å². The Hall–Kier alpha value is -6.38. The van der Waals surface area contributed by atoms with Crippen LogP contribution in [0.3, 0.4) is 0 Å². The van der Waals surface area contributed by atoms with Crippen LogP contribution in [-0.2, 0) is 0 Å². The van der Waals surface area contributed by atoms with E-state index in [2.05, 4.69) is 191 Å². The monoisotopic (exact) mass is 636 g/mol. The maximum Gasteiger partial charge on any atom is 0.0630 e. The van der Waals surface area contributed by atoms with Crippen LogP contribution < -0.4 is 4.90 Å². The smallest absolute Gasteiger partial charge is 0.0630 e. The molecule has 1 aromatic heterocycles. The zero-order valence-corrected chi connectivity index (χ0v) is 27.4. The highest BCUT2D eigenvalue weighted by atomic mass is 15.2. The molecule has 0 radical (unpaired) electrons. The highest BCUT2D eigenvalue weighted by Gasteiger charge is 2.38. The Morgan fingerprint density at radius 1 is 0.400 bits per heavy atom. The SMILES string of the molecule is C1=CC2c3cc(-c4ccc5c(c4)c4ccccc4n5-c4cccc5ccccc45)ccc3N(c3c4ccccc4cc4ccccc34)C2C=C1. The fraction of sp³-hybridized carbons (Fsp3) is 0.0417. The van der Waals surface area contributed by atoms with Gasteiger partial charge < -0.3 is 9.47 Å². The van der Waals surface area contributed by atoms with Gasteiger partial charge in [-0.05, 0) is 75.3 Å². The highest BCUT2D eigenvalue weighted by molar-refractivity contribution is 6.14. The lowest BCUT2D eigenvalue weighted by Crippen LogP contribution is -2.28. The summed E-state index contributed by atoms with van der Waals surface area (Å²) >= 11 is 0. The molecule has 2 unspecified atom stereocenters. The van der Waals surface area contributed by atoms with Gasteiger partial charge in [-0.2, -0.15) is 0 Å². The quantitative estimate of drug-likeness (QED) is 0.175. The second-order valence-corrected chi connectivity index (χ2v) is 13.7. The minimum atomic E-state index is 0.209. The van der Waals surface area contributed by atoms with Gasteiger partial charge in [-0.3, -0.25) is 0 Å². The fourth-order valence-corrected chi connectivity index (χ4v) is 8.84. The van der Waals surface area contributed by atoms with Crippen LogP contribution in [0.5, 0.6) is 0 Å². The molecule has 0 bridgehead atoms. The Labute approximate surface area is 290 Å². The number of aromatic nitrogens is 1. The Morgan fingerprint density at radius 3 is 1.84 bits per heavy atom. The summed E-state index contributed by atoms with van der Waals surface area (Å²) in [5, 5.41) is 10.2. The van der Waals surface area contributed by atoms with Crippen molar-refractivity contribution < 1.29 is 0 Å². The van der Waals surface area contributed by atoms with Gasteiger partial charge in [-0.15, -0.1) is 0 Å². The van der Waals surface area contributed by atoms with E-state index in [1.54, 1.807) is 0 Å². The van der Waals surface area contributed by atoms with E-state index in [1.165, 1.54) is 87.9 Å². The summed E-state index contributed by atoms with van der Waals surface area (Å²) in [4.78, 5) is 2.61. The average Bonchev–Trinajstić information content (AvgIpc) is 3.68. The zero-order valence-electron chi connectivity index (χ0n) is 27.4. The second-order valence-electron chi connectivity index (χ2n) is 13.7. The van der Waals surface area contributed by atoms with Crippen LogP contribution in [0.2, 0.25) is 0 Å². The van der Waals surface area contributed by atoms with Gasteiger partial charge >= 0.3 is 0 Å². The number of hydrogen-bond acceptors (Lipinski definition) is 1. The van der Waals surface area contributed by atoms with Crippen molar-refractivity contribution in [2.45, 2.75) is 12.0 Å². The molecule has 0 N–H and O–H groups in total. The maximum atomic E-state index is 2.61. The van der Waals surface area contributed by atoms with Crippen molar-refractivity contribution in [3.8, 4) is 16.8 Å². The van der Waals surface area contributed by atoms with Crippen LogP contribution in [0.25, 0.3) is 70.9 Å². The fourth-order valence-electron chi connectivity index (χ4n) is 8.84. The lowest BCUT2D eigenvalue weighted by Gasteiger charge is -2.31. The summed E-state index contributed by atoms with van der Waals surface area (Å²) in [6, 6.07) is 58.5. The Kier molecular flexibility index (Phi) is 5.82. The van der Waals surface area contributed by atoms with Crippen molar-refractivity contribution >= 4 is 65.5 Å². The first-order valence-corrected chi connectivity index (χ1v) is 17.5. The molecule has 8 aromatic carbocycles. The molecule has 2 atom stereocenters. The van der Waals surface area contributed by atoms with Crippen molar-refractivity contribution in [2.24, 2.45) is 0 Å². The largest absolute Gasteiger partial charge is 0.332 e. The van der Waals surface area contributed by atoms with Gasteiger partial charge in [0, 0.05) is 38.5 Å². The molecule has 2 nitrogen and oxygen atoms in total. The third-order valence-corrected chi connectivity index (χ3v) is 11.0. The number of benzene rings is 8. The van der Waals surface area contributed by atoms with Gasteiger partial charge in [0.1, 0.15) is 0 Å². The summed E-state index contributed by atoms with van der Waals surface area (Å²) in [6.45, 7) is 0. The van der Waals surface area contributed by atoms with Gasteiger partial charge in [0.05, 0.1) is 28.5 Å². The highest BCUT2D eigenvalue weighted by Crippen LogP contribution is 2.52. The molecule has 2 heterocycles. The molecule has 11 rings (SSSR count). The van der Waals surface area contributed by atoms with E-state index < -0.39 is 0 Å². The Balaban J connectivity index is 1.10. The number of nitrogens with zero attached hydrogens (tertiary/aromatic N) is 2. The molecule has 2 heteroatoms. The summed E-state index contributed by atoms with van der Waals surface area (Å²) in [7, 11) is 0. The molecule has 0 saturated heterocycles. The molecule has 9 aromatic rings. The van der Waals surface area contributed by atoms with E-state index in [0.717, 1.165) is 0 Å². The van der Waals surface area contributed by atoms with E-state index in [1.807, 2.05) is 0 Å². The predicted molar refractivity (Wildman–Crippen MR) is 212 cm³/mol. The molecule has 0 saturated carbocycles. The van der Waals surface area contributed by atoms with E-state index in [-0.39, 0.29) is 12.0 Å². The zero-order chi connectivity index (χ0) is 32.8. The second kappa shape index (κ2) is 10.6. The molecule has 234 valence electrons. The Morgan fingerprint density at radius 2 is 1.02 bits per heavy atom. The minimum absolute atomic E-state index is 0.209. The van der Waals surface area contributed by atoms with E-state index in [4.69, 9.17) is 0 Å². The standard InChI is InChI=1S/C48H32N2/c1-4-16-36-31(12-1)15-11-23-43(36)49-44-21-9-7-19-39(44)41-29-32(24-26-46(41)49)33-25-27-47-42(30-33)40-20-8-10-22-45(40)50(47)48-37-17-5-2-13-34(37)28-35-14-3-6-18-38(35)48/h1-30,40,45H. The molecule has 2 aliphatic rings. The van der Waals surface area contributed by atoms with Gasteiger partial charge in [0.25, 0.3) is 0 Å². The summed E-state index contributed by atoms with van der Waals surface area (Å²) in [5.41, 5.74) is 10.1. The molecule has 1 aliphatic heterocycles. The molecule has 50 heavy (non-hydrogen) atoms. The lowest BCUT2D eigenvalue weighted by molar-refractivity contribution is 0.747. The topological polar surface area (TPSA) is 8.17 Å². The third kappa shape index (κ3) is 3.90. The molecule has 0 amide bonds. The van der Waals surface area contributed by atoms with Crippen molar-refractivity contribution in [3.63, 3.8) is 0 Å². The molecular formula is C48H32N2. The number of anilines is 2. The van der Waals surface area contributed by atoms with Gasteiger partial charge in [0.15, 0.2) is 0 Å². The van der Waals surface area contributed by atoms with Crippen LogP contribution in [0.4, 0.5) is 11.4 Å². The molecule has 1 aliphatic carbocycles. The maximum absolute atomic E-state index is 2.61. The number of rotatable bonds is 3. The normalized spacial score (nSPS) is 16.6. The number of allylic oxidation sites excluding steroid dienone is 2. The first-order valence-electron chi connectivity index (χ1n) is 17.5. The van der Waals surface area contributed by atoms with Crippen molar-refractivity contribution in [3.05, 3.63) is 188 Å². The van der Waals surface area contributed by atoms with Crippen molar-refractivity contribution in [1.29, 1.82) is 0 Å².